The molecule has 2 aliphatic heterocycles. The molecule has 0 aromatic carbocycles. The van der Waals surface area contributed by atoms with Crippen molar-refractivity contribution in [1.82, 2.24) is 0 Å². The first kappa shape index (κ1) is 42.6. The largest absolute Gasteiger partial charge is 0.394 e. The summed E-state index contributed by atoms with van der Waals surface area (Å²) in [5.41, 5.74) is 1.01. The van der Waals surface area contributed by atoms with E-state index < -0.39 is 91.7 Å². The van der Waals surface area contributed by atoms with E-state index in [9.17, 15) is 40.9 Å². The van der Waals surface area contributed by atoms with Gasteiger partial charge >= 0.3 is 0 Å². The molecule has 20 atom stereocenters. The number of aliphatic hydroxyl groups is 8. The van der Waals surface area contributed by atoms with Crippen molar-refractivity contribution in [2.75, 3.05) is 6.61 Å². The van der Waals surface area contributed by atoms with Gasteiger partial charge in [0.25, 0.3) is 0 Å². The van der Waals surface area contributed by atoms with Crippen molar-refractivity contribution in [3.05, 3.63) is 23.3 Å². The lowest BCUT2D eigenvalue weighted by Gasteiger charge is -2.72. The first-order valence-corrected chi connectivity index (χ1v) is 20.4. The second kappa shape index (κ2) is 15.3. The van der Waals surface area contributed by atoms with Crippen molar-refractivity contribution < 1.29 is 59.8 Å². The van der Waals surface area contributed by atoms with Crippen LogP contribution in [-0.2, 0) is 18.9 Å². The number of fused-ring (bicyclic) bond motifs is 5. The van der Waals surface area contributed by atoms with E-state index in [0.29, 0.717) is 19.3 Å². The van der Waals surface area contributed by atoms with Crippen LogP contribution in [-0.4, -0.2) is 127 Å². The van der Waals surface area contributed by atoms with Crippen LogP contribution in [0.3, 0.4) is 0 Å². The van der Waals surface area contributed by atoms with Gasteiger partial charge in [0.1, 0.15) is 42.7 Å². The van der Waals surface area contributed by atoms with Crippen LogP contribution in [0, 0.1) is 45.3 Å². The van der Waals surface area contributed by atoms with Crippen LogP contribution in [0.5, 0.6) is 0 Å². The molecule has 54 heavy (non-hydrogen) atoms. The van der Waals surface area contributed by atoms with Gasteiger partial charge < -0.3 is 59.8 Å². The number of hydrogen-bond donors (Lipinski definition) is 8. The highest BCUT2D eigenvalue weighted by Crippen LogP contribution is 2.76. The molecule has 2 heterocycles. The van der Waals surface area contributed by atoms with Crippen molar-refractivity contribution in [2.24, 2.45) is 45.3 Å². The molecule has 310 valence electrons. The highest BCUT2D eigenvalue weighted by Gasteiger charge is 2.73. The van der Waals surface area contributed by atoms with Crippen molar-refractivity contribution in [3.63, 3.8) is 0 Å². The molecule has 4 saturated carbocycles. The smallest absolute Gasteiger partial charge is 0.187 e. The summed E-state index contributed by atoms with van der Waals surface area (Å²) in [6, 6.07) is 0. The summed E-state index contributed by atoms with van der Waals surface area (Å²) in [6.45, 7) is 18.5. The SMILES string of the molecule is CC(C)=CC/C=C(/C)[C@H]1CC[C@]2(C)[C@@H]1[C@@H](O)C[C@@H]1[C@@]3(C)CC[C@@H](O)C(C)(C)C3[C@H](O[C@@H]3O[C@H](CO)[C@@H](O)[C@H](O)[C@H]3O[C@@H]3O[C@@H](C)[C@H](O)[C@@H](O)[C@H]3O)C[C@]12C. The van der Waals surface area contributed by atoms with E-state index in [1.807, 2.05) is 0 Å². The lowest BCUT2D eigenvalue weighted by Crippen LogP contribution is -2.71. The van der Waals surface area contributed by atoms with Gasteiger partial charge in [0.15, 0.2) is 12.6 Å². The summed E-state index contributed by atoms with van der Waals surface area (Å²) in [4.78, 5) is 0. The Kier molecular flexibility index (Phi) is 12.1. The highest BCUT2D eigenvalue weighted by molar-refractivity contribution is 5.24. The normalized spacial score (nSPS) is 53.3. The van der Waals surface area contributed by atoms with Crippen molar-refractivity contribution >= 4 is 0 Å². The molecule has 6 fully saturated rings. The van der Waals surface area contributed by atoms with Crippen LogP contribution in [0.25, 0.3) is 0 Å². The molecular weight excluding hydrogens is 696 g/mol. The van der Waals surface area contributed by atoms with Crippen molar-refractivity contribution in [2.45, 2.75) is 187 Å². The number of aliphatic hydroxyl groups excluding tert-OH is 8. The third kappa shape index (κ3) is 6.79. The Balaban J connectivity index is 1.39. The van der Waals surface area contributed by atoms with Crippen molar-refractivity contribution in [1.29, 1.82) is 0 Å². The minimum atomic E-state index is -1.68. The summed E-state index contributed by atoms with van der Waals surface area (Å²) >= 11 is 0. The Morgan fingerprint density at radius 3 is 2.09 bits per heavy atom. The summed E-state index contributed by atoms with van der Waals surface area (Å²) in [6.07, 6.45) is -6.05. The third-order valence-corrected chi connectivity index (χ3v) is 16.0. The monoisotopic (exact) mass is 766 g/mol. The average molecular weight is 767 g/mol. The maximum Gasteiger partial charge on any atom is 0.187 e. The minimum absolute atomic E-state index is 0.0381. The summed E-state index contributed by atoms with van der Waals surface area (Å²) < 4.78 is 25.2. The molecule has 6 aliphatic rings. The fourth-order valence-corrected chi connectivity index (χ4v) is 12.9. The van der Waals surface area contributed by atoms with E-state index in [0.717, 1.165) is 25.7 Å². The lowest BCUT2D eigenvalue weighted by molar-refractivity contribution is -0.381. The topological polar surface area (TPSA) is 199 Å². The second-order valence-corrected chi connectivity index (χ2v) is 19.6. The quantitative estimate of drug-likeness (QED) is 0.133. The fraction of sp³-hybridized carbons (Fsp3) is 0.905. The number of hydrogen-bond acceptors (Lipinski definition) is 12. The Hall–Kier alpha value is -1.00. The zero-order valence-corrected chi connectivity index (χ0v) is 33.8. The van der Waals surface area contributed by atoms with Crippen LogP contribution >= 0.6 is 0 Å². The van der Waals surface area contributed by atoms with Gasteiger partial charge in [0.2, 0.25) is 0 Å². The van der Waals surface area contributed by atoms with Gasteiger partial charge in [0, 0.05) is 0 Å². The van der Waals surface area contributed by atoms with E-state index in [2.05, 4.69) is 67.5 Å². The molecule has 4 aliphatic carbocycles. The molecule has 0 aromatic heterocycles. The van der Waals surface area contributed by atoms with Crippen LogP contribution < -0.4 is 0 Å². The fourth-order valence-electron chi connectivity index (χ4n) is 12.9. The molecule has 0 bridgehead atoms. The third-order valence-electron chi connectivity index (χ3n) is 16.0. The van der Waals surface area contributed by atoms with E-state index in [-0.39, 0.29) is 39.9 Å². The Morgan fingerprint density at radius 1 is 0.759 bits per heavy atom. The van der Waals surface area contributed by atoms with Gasteiger partial charge in [-0.1, -0.05) is 57.9 Å². The zero-order valence-electron chi connectivity index (χ0n) is 33.8. The van der Waals surface area contributed by atoms with Gasteiger partial charge in [0.05, 0.1) is 31.0 Å². The molecule has 6 rings (SSSR count). The molecule has 0 aromatic rings. The summed E-state index contributed by atoms with van der Waals surface area (Å²) in [7, 11) is 0. The van der Waals surface area contributed by atoms with Crippen LogP contribution in [0.15, 0.2) is 23.3 Å². The molecular formula is C42H70O12. The van der Waals surface area contributed by atoms with Gasteiger partial charge in [-0.2, -0.15) is 0 Å². The number of rotatable bonds is 8. The van der Waals surface area contributed by atoms with E-state index in [1.54, 1.807) is 0 Å². The molecule has 2 saturated heterocycles. The van der Waals surface area contributed by atoms with Gasteiger partial charge in [-0.3, -0.25) is 0 Å². The van der Waals surface area contributed by atoms with E-state index >= 15 is 0 Å². The van der Waals surface area contributed by atoms with Gasteiger partial charge in [-0.05, 0) is 118 Å². The Labute approximate surface area is 321 Å². The maximum absolute atomic E-state index is 12.2. The first-order valence-electron chi connectivity index (χ1n) is 20.4. The molecule has 0 radical (unpaired) electrons. The molecule has 1 unspecified atom stereocenters. The Bertz CT molecular complexity index is 1400. The predicted molar refractivity (Wildman–Crippen MR) is 199 cm³/mol. The van der Waals surface area contributed by atoms with Crippen LogP contribution in [0.1, 0.15) is 107 Å². The average Bonchev–Trinajstić information content (AvgIpc) is 3.48. The maximum atomic E-state index is 12.2. The first-order chi connectivity index (χ1) is 25.1. The number of ether oxygens (including phenoxy) is 4. The van der Waals surface area contributed by atoms with E-state index in [1.165, 1.54) is 18.1 Å². The van der Waals surface area contributed by atoms with Gasteiger partial charge in [-0.15, -0.1) is 0 Å². The second-order valence-electron chi connectivity index (χ2n) is 19.6. The zero-order chi connectivity index (χ0) is 39.9. The minimum Gasteiger partial charge on any atom is -0.394 e. The molecule has 0 amide bonds. The lowest BCUT2D eigenvalue weighted by atomic mass is 9.34. The summed E-state index contributed by atoms with van der Waals surface area (Å²) in [5, 5.41) is 88.2. The summed E-state index contributed by atoms with van der Waals surface area (Å²) in [5.74, 6) is 0.165. The van der Waals surface area contributed by atoms with Crippen LogP contribution in [0.2, 0.25) is 0 Å². The van der Waals surface area contributed by atoms with Crippen molar-refractivity contribution in [3.8, 4) is 0 Å². The molecule has 12 heteroatoms. The standard InChI is InChI=1S/C42H70O12/c1-20(2)11-10-12-21(3)23-13-16-41(8)29(23)24(44)17-27-40(7)15-14-28(45)39(5,6)36(40)25(18-42(27,41)9)52-38-35(33(49)31(47)26(19-43)53-38)54-37-34(50)32(48)30(46)22(4)51-37/h11-12,22-38,43-50H,10,13-19H2,1-9H3/b21-12-/t22-,23+,24-,25+,26+,27+,28+,29-,30-,31+,32+,33-,34+,35+,36?,37-,38+,40+,41+,42+/m0/s1. The predicted octanol–water partition coefficient (Wildman–Crippen LogP) is 2.95. The molecule has 8 N–H and O–H groups in total. The van der Waals surface area contributed by atoms with E-state index in [4.69, 9.17) is 18.9 Å². The van der Waals surface area contributed by atoms with Crippen LogP contribution in [0.4, 0.5) is 0 Å². The Morgan fingerprint density at radius 2 is 1.44 bits per heavy atom. The van der Waals surface area contributed by atoms with Gasteiger partial charge in [-0.25, -0.2) is 0 Å². The molecule has 12 nitrogen and oxygen atoms in total. The highest BCUT2D eigenvalue weighted by atomic mass is 16.8. The molecule has 0 spiro atoms. The number of allylic oxidation sites excluding steroid dienone is 4.